The van der Waals surface area contributed by atoms with E-state index in [1.54, 1.807) is 51.9 Å². The first-order valence-corrected chi connectivity index (χ1v) is 14.5. The van der Waals surface area contributed by atoms with E-state index in [-0.39, 0.29) is 47.6 Å². The minimum Gasteiger partial charge on any atom is -0.487 e. The third-order valence-corrected chi connectivity index (χ3v) is 8.55. The first-order valence-electron chi connectivity index (χ1n) is 11.7. The number of benzene rings is 2. The van der Waals surface area contributed by atoms with E-state index in [0.29, 0.717) is 28.4 Å². The molecule has 0 radical (unpaired) electrons. The summed E-state index contributed by atoms with van der Waals surface area (Å²) in [6.45, 7) is -0.570. The van der Waals surface area contributed by atoms with Crippen LogP contribution in [0.25, 0.3) is 0 Å². The van der Waals surface area contributed by atoms with E-state index in [4.69, 9.17) is 26.2 Å². The van der Waals surface area contributed by atoms with E-state index in [9.17, 15) is 14.3 Å². The van der Waals surface area contributed by atoms with Gasteiger partial charge in [-0.15, -0.1) is 0 Å². The molecule has 2 heterocycles. The average molecular weight is 581 g/mol. The highest BCUT2D eigenvalue weighted by molar-refractivity contribution is 8.77. The van der Waals surface area contributed by atoms with Crippen molar-refractivity contribution in [2.24, 2.45) is 0 Å². The summed E-state index contributed by atoms with van der Waals surface area (Å²) in [6, 6.07) is 11.1. The Balaban J connectivity index is 1.50. The zero-order valence-electron chi connectivity index (χ0n) is 20.1. The second-order valence-electron chi connectivity index (χ2n) is 8.32. The molecule has 1 fully saturated rings. The van der Waals surface area contributed by atoms with Gasteiger partial charge in [-0.05, 0) is 42.3 Å². The molecule has 1 saturated heterocycles. The Morgan fingerprint density at radius 3 is 2.84 bits per heavy atom. The standard InChI is InChI=1S/C25H26ClFN4O5S2/c26-20-9-17(4-5-21(20)35-12-15-2-1-3-16(27)8-15)30-24-23(31-22(34)10-19-6-7-37-38-19)25(29-14-28-24)36-13-18(33)11-32/h1-5,8-9,14,18-19,32-33H,6-7,10-13H2,(H,31,34)(H,28,29,30)/t18?,19-/m0/s1. The quantitative estimate of drug-likeness (QED) is 0.222. The van der Waals surface area contributed by atoms with Gasteiger partial charge in [-0.1, -0.05) is 45.3 Å². The van der Waals surface area contributed by atoms with Crippen molar-refractivity contribution >= 4 is 56.3 Å². The number of nitrogens with zero attached hydrogens (tertiary/aromatic N) is 2. The van der Waals surface area contributed by atoms with E-state index in [0.717, 1.165) is 12.2 Å². The zero-order valence-corrected chi connectivity index (χ0v) is 22.5. The second-order valence-corrected chi connectivity index (χ2v) is 11.5. The van der Waals surface area contributed by atoms with E-state index in [1.807, 2.05) is 0 Å². The van der Waals surface area contributed by atoms with Gasteiger partial charge in [-0.25, -0.2) is 9.37 Å². The number of amides is 1. The van der Waals surface area contributed by atoms with Crippen molar-refractivity contribution in [2.45, 2.75) is 30.8 Å². The Kier molecular flexibility index (Phi) is 10.3. The molecule has 0 bridgehead atoms. The molecule has 0 spiro atoms. The van der Waals surface area contributed by atoms with Crippen molar-refractivity contribution in [3.05, 3.63) is 65.2 Å². The molecule has 9 nitrogen and oxygen atoms in total. The molecule has 0 saturated carbocycles. The van der Waals surface area contributed by atoms with Gasteiger partial charge < -0.3 is 30.3 Å². The van der Waals surface area contributed by atoms with Crippen LogP contribution in [0.2, 0.25) is 5.02 Å². The van der Waals surface area contributed by atoms with Gasteiger partial charge in [0.2, 0.25) is 11.8 Å². The Bertz CT molecular complexity index is 1250. The molecule has 2 atom stereocenters. The molecule has 1 aliphatic heterocycles. The summed E-state index contributed by atoms with van der Waals surface area (Å²) >= 11 is 6.42. The summed E-state index contributed by atoms with van der Waals surface area (Å²) in [6.07, 6.45) is 1.39. The summed E-state index contributed by atoms with van der Waals surface area (Å²) in [5, 5.41) is 25.3. The van der Waals surface area contributed by atoms with Gasteiger partial charge in [0.05, 0.1) is 11.6 Å². The zero-order chi connectivity index (χ0) is 26.9. The maximum atomic E-state index is 13.4. The van der Waals surface area contributed by atoms with Crippen LogP contribution < -0.4 is 20.1 Å². The topological polar surface area (TPSA) is 126 Å². The third kappa shape index (κ3) is 8.11. The molecule has 3 aromatic rings. The lowest BCUT2D eigenvalue weighted by Crippen LogP contribution is -2.23. The first kappa shape index (κ1) is 28.2. The minimum absolute atomic E-state index is 0.0398. The number of carbonyl (C=O) groups is 1. The maximum Gasteiger partial charge on any atom is 0.243 e. The molecule has 13 heteroatoms. The SMILES string of the molecule is O=C(C[C@@H]1CCSS1)Nc1c(Nc2ccc(OCc3cccc(F)c3)c(Cl)c2)ncnc1OCC(O)CO. The summed E-state index contributed by atoms with van der Waals surface area (Å²) < 4.78 is 24.7. The molecular weight excluding hydrogens is 555 g/mol. The van der Waals surface area contributed by atoms with Crippen molar-refractivity contribution in [1.82, 2.24) is 9.97 Å². The molecule has 2 aromatic carbocycles. The fourth-order valence-electron chi connectivity index (χ4n) is 3.44. The fourth-order valence-corrected chi connectivity index (χ4v) is 6.57. The molecule has 4 rings (SSSR count). The normalized spacial score (nSPS) is 15.6. The molecule has 1 aliphatic rings. The van der Waals surface area contributed by atoms with Gasteiger partial charge >= 0.3 is 0 Å². The van der Waals surface area contributed by atoms with Crippen molar-refractivity contribution in [3.8, 4) is 11.6 Å². The van der Waals surface area contributed by atoms with Gasteiger partial charge in [-0.3, -0.25) is 4.79 Å². The van der Waals surface area contributed by atoms with E-state index < -0.39 is 12.7 Å². The highest BCUT2D eigenvalue weighted by Crippen LogP contribution is 2.40. The van der Waals surface area contributed by atoms with Crippen LogP contribution in [0.3, 0.4) is 0 Å². The minimum atomic E-state index is -1.12. The number of ether oxygens (including phenoxy) is 2. The summed E-state index contributed by atoms with van der Waals surface area (Å²) in [5.74, 6) is 1.12. The number of hydrogen-bond acceptors (Lipinski definition) is 10. The maximum absolute atomic E-state index is 13.4. The first-order chi connectivity index (χ1) is 18.4. The molecule has 1 aromatic heterocycles. The summed E-state index contributed by atoms with van der Waals surface area (Å²) in [5.41, 5.74) is 1.41. The number of anilines is 3. The average Bonchev–Trinajstić information content (AvgIpc) is 3.41. The summed E-state index contributed by atoms with van der Waals surface area (Å²) in [7, 11) is 3.43. The number of aliphatic hydroxyl groups excluding tert-OH is 2. The van der Waals surface area contributed by atoms with Crippen LogP contribution >= 0.6 is 33.2 Å². The number of aromatic nitrogens is 2. The predicted octanol–water partition coefficient (Wildman–Crippen LogP) is 4.81. The highest BCUT2D eigenvalue weighted by Gasteiger charge is 2.23. The molecule has 0 aliphatic carbocycles. The van der Waals surface area contributed by atoms with E-state index in [1.165, 1.54) is 18.5 Å². The number of halogens is 2. The van der Waals surface area contributed by atoms with Crippen LogP contribution in [0.15, 0.2) is 48.8 Å². The molecule has 1 unspecified atom stereocenters. The smallest absolute Gasteiger partial charge is 0.243 e. The van der Waals surface area contributed by atoms with Gasteiger partial charge in [-0.2, -0.15) is 4.98 Å². The lowest BCUT2D eigenvalue weighted by atomic mass is 10.2. The monoisotopic (exact) mass is 580 g/mol. The summed E-state index contributed by atoms with van der Waals surface area (Å²) in [4.78, 5) is 21.2. The van der Waals surface area contributed by atoms with Crippen LogP contribution in [0.5, 0.6) is 11.6 Å². The lowest BCUT2D eigenvalue weighted by Gasteiger charge is -2.17. The van der Waals surface area contributed by atoms with Crippen LogP contribution in [-0.2, 0) is 11.4 Å². The number of carbonyl (C=O) groups excluding carboxylic acids is 1. The highest BCUT2D eigenvalue weighted by atomic mass is 35.5. The predicted molar refractivity (Wildman–Crippen MR) is 148 cm³/mol. The fraction of sp³-hybridized carbons (Fsp3) is 0.320. The van der Waals surface area contributed by atoms with Crippen LogP contribution in [-0.4, -0.2) is 56.4 Å². The second kappa shape index (κ2) is 13.9. The largest absolute Gasteiger partial charge is 0.487 e. The Hall–Kier alpha value is -2.77. The van der Waals surface area contributed by atoms with Crippen molar-refractivity contribution < 1.29 is 28.9 Å². The van der Waals surface area contributed by atoms with E-state index >= 15 is 0 Å². The Labute approximate surface area is 231 Å². The van der Waals surface area contributed by atoms with Gasteiger partial charge in [0.25, 0.3) is 0 Å². The van der Waals surface area contributed by atoms with Crippen LogP contribution in [0.1, 0.15) is 18.4 Å². The molecule has 1 amide bonds. The number of aliphatic hydroxyl groups is 2. The van der Waals surface area contributed by atoms with E-state index in [2.05, 4.69) is 20.6 Å². The Morgan fingerprint density at radius 1 is 1.24 bits per heavy atom. The Morgan fingerprint density at radius 2 is 2.11 bits per heavy atom. The van der Waals surface area contributed by atoms with Crippen molar-refractivity contribution in [2.75, 3.05) is 29.6 Å². The van der Waals surface area contributed by atoms with Gasteiger partial charge in [0, 0.05) is 23.1 Å². The van der Waals surface area contributed by atoms with Crippen LogP contribution in [0, 0.1) is 5.82 Å². The van der Waals surface area contributed by atoms with Crippen molar-refractivity contribution in [3.63, 3.8) is 0 Å². The van der Waals surface area contributed by atoms with Gasteiger partial charge in [0.1, 0.15) is 42.9 Å². The molecule has 4 N–H and O–H groups in total. The van der Waals surface area contributed by atoms with Crippen molar-refractivity contribution in [1.29, 1.82) is 0 Å². The van der Waals surface area contributed by atoms with Crippen LogP contribution in [0.4, 0.5) is 21.6 Å². The number of nitrogens with one attached hydrogen (secondary N) is 2. The molecular formula is C25H26ClFN4O5S2. The van der Waals surface area contributed by atoms with Gasteiger partial charge in [0.15, 0.2) is 5.82 Å². The number of rotatable bonds is 12. The number of hydrogen-bond donors (Lipinski definition) is 4. The molecule has 202 valence electrons. The lowest BCUT2D eigenvalue weighted by molar-refractivity contribution is -0.116. The third-order valence-electron chi connectivity index (χ3n) is 5.32. The molecule has 38 heavy (non-hydrogen) atoms.